The van der Waals surface area contributed by atoms with Crippen LogP contribution in [0.1, 0.15) is 34.9 Å². The molecule has 2 aromatic heterocycles. The highest BCUT2D eigenvalue weighted by Gasteiger charge is 2.23. The zero-order valence-electron chi connectivity index (χ0n) is 15.1. The molecule has 0 bridgehead atoms. The number of anilines is 1. The van der Waals surface area contributed by atoms with Gasteiger partial charge in [0.2, 0.25) is 0 Å². The summed E-state index contributed by atoms with van der Waals surface area (Å²) in [6.45, 7) is 2.93. The number of carbonyl (C=O) groups is 1. The quantitative estimate of drug-likeness (QED) is 0.893. The van der Waals surface area contributed by atoms with Crippen LogP contribution in [0.5, 0.6) is 0 Å². The molecule has 1 unspecified atom stereocenters. The summed E-state index contributed by atoms with van der Waals surface area (Å²) in [4.78, 5) is 20.5. The largest absolute Gasteiger partial charge is 0.363 e. The van der Waals surface area contributed by atoms with E-state index in [1.807, 2.05) is 36.1 Å². The van der Waals surface area contributed by atoms with Crippen molar-refractivity contribution in [3.05, 3.63) is 41.9 Å². The van der Waals surface area contributed by atoms with E-state index in [1.54, 1.807) is 13.1 Å². The van der Waals surface area contributed by atoms with Crippen molar-refractivity contribution in [2.45, 2.75) is 25.4 Å². The molecule has 3 heterocycles. The number of carbonyl (C=O) groups excluding carboxylic acids is 1. The second-order valence-corrected chi connectivity index (χ2v) is 6.71. The molecule has 0 aliphatic carbocycles. The SMILES string of the molecule is CNC(=O)c1ccn(C2CCCN(Cc3ccnc(N(C)C)c3)C2)n1. The van der Waals surface area contributed by atoms with E-state index in [0.717, 1.165) is 38.3 Å². The predicted molar refractivity (Wildman–Crippen MR) is 97.7 cm³/mol. The van der Waals surface area contributed by atoms with Gasteiger partial charge in [-0.1, -0.05) is 0 Å². The fraction of sp³-hybridized carbons (Fsp3) is 0.500. The normalized spacial score (nSPS) is 18.1. The Bertz CT molecular complexity index is 726. The van der Waals surface area contributed by atoms with Gasteiger partial charge >= 0.3 is 0 Å². The van der Waals surface area contributed by atoms with E-state index in [4.69, 9.17) is 0 Å². The number of likely N-dealkylation sites (tertiary alicyclic amines) is 1. The van der Waals surface area contributed by atoms with Crippen molar-refractivity contribution in [1.29, 1.82) is 0 Å². The molecule has 2 aromatic rings. The van der Waals surface area contributed by atoms with Crippen LogP contribution in [0, 0.1) is 0 Å². The van der Waals surface area contributed by atoms with Gasteiger partial charge in [0, 0.05) is 46.6 Å². The van der Waals surface area contributed by atoms with Gasteiger partial charge in [0.1, 0.15) is 11.5 Å². The molecule has 1 amide bonds. The first-order valence-corrected chi connectivity index (χ1v) is 8.68. The number of piperidine rings is 1. The average molecular weight is 342 g/mol. The van der Waals surface area contributed by atoms with E-state index in [-0.39, 0.29) is 5.91 Å². The summed E-state index contributed by atoms with van der Waals surface area (Å²) in [6, 6.07) is 6.31. The number of pyridine rings is 1. The van der Waals surface area contributed by atoms with Crippen LogP contribution in [0.3, 0.4) is 0 Å². The number of nitrogens with one attached hydrogen (secondary N) is 1. The highest BCUT2D eigenvalue weighted by atomic mass is 16.1. The molecule has 1 aliphatic rings. The highest BCUT2D eigenvalue weighted by Crippen LogP contribution is 2.23. The third-order valence-electron chi connectivity index (χ3n) is 4.60. The van der Waals surface area contributed by atoms with Crippen molar-refractivity contribution in [3.8, 4) is 0 Å². The first-order chi connectivity index (χ1) is 12.1. The van der Waals surface area contributed by atoms with Gasteiger partial charge in [-0.3, -0.25) is 14.4 Å². The van der Waals surface area contributed by atoms with Gasteiger partial charge in [0.25, 0.3) is 5.91 Å². The maximum atomic E-state index is 11.7. The van der Waals surface area contributed by atoms with E-state index in [2.05, 4.69) is 32.4 Å². The molecule has 0 radical (unpaired) electrons. The summed E-state index contributed by atoms with van der Waals surface area (Å²) in [5.74, 6) is 0.841. The summed E-state index contributed by atoms with van der Waals surface area (Å²) in [6.07, 6.45) is 6.00. The first-order valence-electron chi connectivity index (χ1n) is 8.68. The Morgan fingerprint density at radius 1 is 1.40 bits per heavy atom. The van der Waals surface area contributed by atoms with Crippen LogP contribution in [0.15, 0.2) is 30.6 Å². The van der Waals surface area contributed by atoms with Crippen LogP contribution in [0.2, 0.25) is 0 Å². The molecule has 1 saturated heterocycles. The lowest BCUT2D eigenvalue weighted by molar-refractivity contribution is 0.0955. The summed E-state index contributed by atoms with van der Waals surface area (Å²) in [5, 5.41) is 7.06. The average Bonchev–Trinajstić information content (AvgIpc) is 3.11. The molecule has 25 heavy (non-hydrogen) atoms. The van der Waals surface area contributed by atoms with Crippen molar-refractivity contribution in [2.24, 2.45) is 0 Å². The van der Waals surface area contributed by atoms with Gasteiger partial charge in [-0.15, -0.1) is 0 Å². The molecule has 7 nitrogen and oxygen atoms in total. The van der Waals surface area contributed by atoms with Crippen LogP contribution >= 0.6 is 0 Å². The molecule has 1 fully saturated rings. The number of nitrogens with zero attached hydrogens (tertiary/aromatic N) is 5. The Hall–Kier alpha value is -2.41. The van der Waals surface area contributed by atoms with Gasteiger partial charge in [-0.05, 0) is 43.1 Å². The molecule has 0 spiro atoms. The van der Waals surface area contributed by atoms with E-state index >= 15 is 0 Å². The van der Waals surface area contributed by atoms with Crippen molar-refractivity contribution >= 4 is 11.7 Å². The molecular formula is C18H26N6O. The van der Waals surface area contributed by atoms with Gasteiger partial charge in [0.15, 0.2) is 0 Å². The number of rotatable bonds is 5. The van der Waals surface area contributed by atoms with Gasteiger partial charge in [-0.25, -0.2) is 4.98 Å². The fourth-order valence-electron chi connectivity index (χ4n) is 3.24. The Morgan fingerprint density at radius 3 is 3.00 bits per heavy atom. The number of hydrogen-bond donors (Lipinski definition) is 1. The van der Waals surface area contributed by atoms with E-state index in [0.29, 0.717) is 11.7 Å². The Balaban J connectivity index is 1.66. The van der Waals surface area contributed by atoms with Gasteiger partial charge in [-0.2, -0.15) is 5.10 Å². The van der Waals surface area contributed by atoms with Crippen molar-refractivity contribution in [1.82, 2.24) is 25.0 Å². The number of aromatic nitrogens is 3. The standard InChI is InChI=1S/C18H26N6O/c1-19-18(25)16-7-10-24(21-16)15-5-4-9-23(13-15)12-14-6-8-20-17(11-14)22(2)3/h6-8,10-11,15H,4-5,9,12-13H2,1-3H3,(H,19,25). The van der Waals surface area contributed by atoms with Gasteiger partial charge < -0.3 is 10.2 Å². The Kier molecular flexibility index (Phi) is 5.33. The highest BCUT2D eigenvalue weighted by molar-refractivity contribution is 5.91. The topological polar surface area (TPSA) is 66.3 Å². The summed E-state index contributed by atoms with van der Waals surface area (Å²) in [5.41, 5.74) is 1.75. The van der Waals surface area contributed by atoms with E-state index in [9.17, 15) is 4.79 Å². The van der Waals surface area contributed by atoms with E-state index < -0.39 is 0 Å². The fourth-order valence-corrected chi connectivity index (χ4v) is 3.24. The maximum absolute atomic E-state index is 11.7. The minimum absolute atomic E-state index is 0.139. The molecular weight excluding hydrogens is 316 g/mol. The zero-order chi connectivity index (χ0) is 17.8. The smallest absolute Gasteiger partial charge is 0.271 e. The maximum Gasteiger partial charge on any atom is 0.271 e. The summed E-state index contributed by atoms with van der Waals surface area (Å²) in [7, 11) is 5.63. The molecule has 1 aliphatic heterocycles. The molecule has 7 heteroatoms. The van der Waals surface area contributed by atoms with E-state index in [1.165, 1.54) is 5.56 Å². The Morgan fingerprint density at radius 2 is 2.24 bits per heavy atom. The monoisotopic (exact) mass is 342 g/mol. The molecule has 3 rings (SSSR count). The second-order valence-electron chi connectivity index (χ2n) is 6.71. The Labute approximate surface area is 148 Å². The summed E-state index contributed by atoms with van der Waals surface area (Å²) >= 11 is 0. The molecule has 134 valence electrons. The lowest BCUT2D eigenvalue weighted by Gasteiger charge is -2.33. The summed E-state index contributed by atoms with van der Waals surface area (Å²) < 4.78 is 1.94. The van der Waals surface area contributed by atoms with Crippen LogP contribution in [0.4, 0.5) is 5.82 Å². The van der Waals surface area contributed by atoms with Crippen LogP contribution in [-0.4, -0.2) is 59.8 Å². The lowest BCUT2D eigenvalue weighted by atomic mass is 10.1. The molecule has 0 aromatic carbocycles. The van der Waals surface area contributed by atoms with Crippen LogP contribution in [-0.2, 0) is 6.54 Å². The van der Waals surface area contributed by atoms with Crippen LogP contribution < -0.4 is 10.2 Å². The second kappa shape index (κ2) is 7.65. The van der Waals surface area contributed by atoms with Crippen molar-refractivity contribution in [2.75, 3.05) is 39.1 Å². The molecule has 1 N–H and O–H groups in total. The number of hydrogen-bond acceptors (Lipinski definition) is 5. The molecule has 0 saturated carbocycles. The van der Waals surface area contributed by atoms with Crippen LogP contribution in [0.25, 0.3) is 0 Å². The molecule has 1 atom stereocenters. The zero-order valence-corrected chi connectivity index (χ0v) is 15.1. The van der Waals surface area contributed by atoms with Crippen molar-refractivity contribution in [3.63, 3.8) is 0 Å². The third kappa shape index (κ3) is 4.17. The van der Waals surface area contributed by atoms with Gasteiger partial charge in [0.05, 0.1) is 6.04 Å². The third-order valence-corrected chi connectivity index (χ3v) is 4.60. The predicted octanol–water partition coefficient (Wildman–Crippen LogP) is 1.54. The first kappa shape index (κ1) is 17.4. The minimum atomic E-state index is -0.139. The number of amides is 1. The lowest BCUT2D eigenvalue weighted by Crippen LogP contribution is -2.36. The van der Waals surface area contributed by atoms with Crippen molar-refractivity contribution < 1.29 is 4.79 Å². The minimum Gasteiger partial charge on any atom is -0.363 e.